The molecular formula is C26H21ClN2O4. The summed E-state index contributed by atoms with van der Waals surface area (Å²) in [4.78, 5) is 39.2. The van der Waals surface area contributed by atoms with Gasteiger partial charge in [-0.2, -0.15) is 0 Å². The number of amides is 2. The lowest BCUT2D eigenvalue weighted by molar-refractivity contribution is -0.120. The van der Waals surface area contributed by atoms with Crippen molar-refractivity contribution in [1.29, 1.82) is 0 Å². The summed E-state index contributed by atoms with van der Waals surface area (Å²) in [6.07, 6.45) is 0. The maximum atomic E-state index is 13.0. The van der Waals surface area contributed by atoms with E-state index in [2.05, 4.69) is 5.32 Å². The van der Waals surface area contributed by atoms with E-state index in [0.717, 1.165) is 21.6 Å². The predicted octanol–water partition coefficient (Wildman–Crippen LogP) is 5.27. The number of carbonyl (C=O) groups is 3. The molecule has 33 heavy (non-hydrogen) atoms. The molecule has 3 aromatic rings. The van der Waals surface area contributed by atoms with Crippen LogP contribution in [0.4, 0.5) is 11.4 Å². The number of aryl methyl sites for hydroxylation is 3. The molecule has 166 valence electrons. The lowest BCUT2D eigenvalue weighted by Crippen LogP contribution is -2.32. The van der Waals surface area contributed by atoms with Gasteiger partial charge < -0.3 is 10.1 Å². The number of carbonyl (C=O) groups excluding carboxylic acids is 3. The van der Waals surface area contributed by atoms with Crippen molar-refractivity contribution in [2.75, 3.05) is 10.2 Å². The van der Waals surface area contributed by atoms with Gasteiger partial charge in [-0.05, 0) is 79.9 Å². The van der Waals surface area contributed by atoms with Crippen LogP contribution >= 0.6 is 11.6 Å². The zero-order valence-corrected chi connectivity index (χ0v) is 19.1. The van der Waals surface area contributed by atoms with Crippen molar-refractivity contribution in [2.24, 2.45) is 0 Å². The van der Waals surface area contributed by atoms with Crippen LogP contribution in [-0.4, -0.2) is 17.8 Å². The number of hydrogen-bond donors (Lipinski definition) is 1. The van der Waals surface area contributed by atoms with Gasteiger partial charge in [0, 0.05) is 5.69 Å². The molecule has 0 spiro atoms. The Morgan fingerprint density at radius 2 is 1.58 bits per heavy atom. The Labute approximate surface area is 196 Å². The van der Waals surface area contributed by atoms with Crippen molar-refractivity contribution in [2.45, 2.75) is 20.8 Å². The van der Waals surface area contributed by atoms with Gasteiger partial charge in [-0.3, -0.25) is 9.59 Å². The Hall–Kier alpha value is -3.90. The minimum atomic E-state index is -0.587. The maximum absolute atomic E-state index is 13.0. The summed E-state index contributed by atoms with van der Waals surface area (Å²) in [6, 6.07) is 19.1. The minimum Gasteiger partial charge on any atom is -0.423 e. The fourth-order valence-corrected chi connectivity index (χ4v) is 3.68. The highest BCUT2D eigenvalue weighted by Gasteiger charge is 2.39. The van der Waals surface area contributed by atoms with Gasteiger partial charge in [-0.15, -0.1) is 0 Å². The van der Waals surface area contributed by atoms with Gasteiger partial charge in [0.1, 0.15) is 16.5 Å². The second-order valence-corrected chi connectivity index (χ2v) is 8.21. The van der Waals surface area contributed by atoms with E-state index in [1.165, 1.54) is 0 Å². The highest BCUT2D eigenvalue weighted by atomic mass is 35.5. The molecule has 0 aromatic heterocycles. The molecule has 1 aliphatic rings. The number of benzene rings is 3. The third-order valence-corrected chi connectivity index (χ3v) is 5.57. The number of esters is 1. The lowest BCUT2D eigenvalue weighted by Gasteiger charge is -2.18. The van der Waals surface area contributed by atoms with E-state index in [-0.39, 0.29) is 10.7 Å². The van der Waals surface area contributed by atoms with E-state index in [9.17, 15) is 14.4 Å². The van der Waals surface area contributed by atoms with Crippen LogP contribution in [-0.2, 0) is 9.59 Å². The standard InChI is InChI=1S/C26H21ClN2O4/c1-15-5-4-6-20(13-15)33-26(32)18-9-11-19(12-10-18)28-23-22(27)24(30)29(25(23)31)21-14-16(2)7-8-17(21)3/h4-14,28H,1-3H3. The topological polar surface area (TPSA) is 75.7 Å². The Balaban J connectivity index is 1.50. The normalized spacial score (nSPS) is 13.5. The second kappa shape index (κ2) is 8.92. The van der Waals surface area contributed by atoms with E-state index in [4.69, 9.17) is 16.3 Å². The molecule has 0 bridgehead atoms. The number of anilines is 2. The number of nitrogens with zero attached hydrogens (tertiary/aromatic N) is 1. The van der Waals surface area contributed by atoms with Gasteiger partial charge in [0.2, 0.25) is 0 Å². The largest absolute Gasteiger partial charge is 0.423 e. The van der Waals surface area contributed by atoms with Crippen LogP contribution in [0.2, 0.25) is 0 Å². The summed E-state index contributed by atoms with van der Waals surface area (Å²) in [5, 5.41) is 2.72. The van der Waals surface area contributed by atoms with E-state index in [1.807, 2.05) is 45.0 Å². The van der Waals surface area contributed by atoms with Gasteiger partial charge >= 0.3 is 5.97 Å². The molecule has 4 rings (SSSR count). The SMILES string of the molecule is Cc1cccc(OC(=O)c2ccc(NC3=C(Cl)C(=O)N(c4cc(C)ccc4C)C3=O)cc2)c1. The molecule has 1 aliphatic heterocycles. The van der Waals surface area contributed by atoms with Crippen LogP contribution < -0.4 is 15.0 Å². The minimum absolute atomic E-state index is 0.0161. The number of imide groups is 1. The zero-order chi connectivity index (χ0) is 23.7. The Morgan fingerprint density at radius 3 is 2.27 bits per heavy atom. The van der Waals surface area contributed by atoms with Gasteiger partial charge in [-0.25, -0.2) is 9.69 Å². The summed E-state index contributed by atoms with van der Waals surface area (Å²) in [7, 11) is 0. The summed E-state index contributed by atoms with van der Waals surface area (Å²) in [5.74, 6) is -1.17. The highest BCUT2D eigenvalue weighted by molar-refractivity contribution is 6.53. The third kappa shape index (κ3) is 4.52. The van der Waals surface area contributed by atoms with Crippen molar-refractivity contribution in [3.8, 4) is 5.75 Å². The van der Waals surface area contributed by atoms with Crippen molar-refractivity contribution in [3.05, 3.63) is 99.7 Å². The monoisotopic (exact) mass is 460 g/mol. The molecule has 0 fully saturated rings. The molecule has 2 amide bonds. The van der Waals surface area contributed by atoms with Crippen LogP contribution in [0.25, 0.3) is 0 Å². The van der Waals surface area contributed by atoms with Gasteiger partial charge in [-0.1, -0.05) is 35.9 Å². The Bertz CT molecular complexity index is 1310. The van der Waals surface area contributed by atoms with Crippen molar-refractivity contribution in [3.63, 3.8) is 0 Å². The molecule has 0 saturated heterocycles. The molecule has 0 radical (unpaired) electrons. The van der Waals surface area contributed by atoms with Gasteiger partial charge in [0.15, 0.2) is 0 Å². The fraction of sp³-hybridized carbons (Fsp3) is 0.115. The average molecular weight is 461 g/mol. The highest BCUT2D eigenvalue weighted by Crippen LogP contribution is 2.32. The molecule has 7 heteroatoms. The van der Waals surface area contributed by atoms with Gasteiger partial charge in [0.05, 0.1) is 11.3 Å². The maximum Gasteiger partial charge on any atom is 0.343 e. The Morgan fingerprint density at radius 1 is 0.879 bits per heavy atom. The van der Waals surface area contributed by atoms with Crippen LogP contribution in [0.3, 0.4) is 0 Å². The van der Waals surface area contributed by atoms with Crippen molar-refractivity contribution in [1.82, 2.24) is 0 Å². The number of halogens is 1. The Kier molecular flexibility index (Phi) is 6.03. The van der Waals surface area contributed by atoms with Crippen LogP contribution in [0.1, 0.15) is 27.0 Å². The number of ether oxygens (including phenoxy) is 1. The summed E-state index contributed by atoms with van der Waals surface area (Å²) in [5.41, 5.74) is 4.00. The summed E-state index contributed by atoms with van der Waals surface area (Å²) >= 11 is 6.23. The first-order valence-electron chi connectivity index (χ1n) is 10.3. The molecular weight excluding hydrogens is 440 g/mol. The van der Waals surface area contributed by atoms with Crippen molar-refractivity contribution < 1.29 is 19.1 Å². The molecule has 0 atom stereocenters. The van der Waals surface area contributed by atoms with Crippen molar-refractivity contribution >= 4 is 40.8 Å². The summed E-state index contributed by atoms with van der Waals surface area (Å²) in [6.45, 7) is 5.62. The zero-order valence-electron chi connectivity index (χ0n) is 18.3. The third-order valence-electron chi connectivity index (χ3n) is 5.22. The number of hydrogen-bond acceptors (Lipinski definition) is 5. The predicted molar refractivity (Wildman–Crippen MR) is 127 cm³/mol. The van der Waals surface area contributed by atoms with Gasteiger partial charge in [0.25, 0.3) is 11.8 Å². The smallest absolute Gasteiger partial charge is 0.343 e. The van der Waals surface area contributed by atoms with E-state index in [1.54, 1.807) is 42.5 Å². The summed E-state index contributed by atoms with van der Waals surface area (Å²) < 4.78 is 5.39. The van der Waals surface area contributed by atoms with E-state index >= 15 is 0 Å². The van der Waals surface area contributed by atoms with E-state index < -0.39 is 17.8 Å². The molecule has 0 unspecified atom stereocenters. The first kappa shape index (κ1) is 22.3. The van der Waals surface area contributed by atoms with Crippen LogP contribution in [0.5, 0.6) is 5.75 Å². The van der Waals surface area contributed by atoms with Crippen LogP contribution in [0, 0.1) is 20.8 Å². The van der Waals surface area contributed by atoms with E-state index in [0.29, 0.717) is 22.7 Å². The fourth-order valence-electron chi connectivity index (χ4n) is 3.47. The van der Waals surface area contributed by atoms with Crippen LogP contribution in [0.15, 0.2) is 77.5 Å². The number of nitrogens with one attached hydrogen (secondary N) is 1. The first-order valence-corrected chi connectivity index (χ1v) is 10.6. The first-order chi connectivity index (χ1) is 15.7. The molecule has 6 nitrogen and oxygen atoms in total. The average Bonchev–Trinajstić information content (AvgIpc) is 2.99. The molecule has 1 N–H and O–H groups in total. The molecule has 3 aromatic carbocycles. The second-order valence-electron chi connectivity index (χ2n) is 7.83. The lowest BCUT2D eigenvalue weighted by atomic mass is 10.1. The molecule has 1 heterocycles. The molecule has 0 saturated carbocycles. The number of rotatable bonds is 5. The quantitative estimate of drug-likeness (QED) is 0.319. The molecule has 0 aliphatic carbocycles.